The lowest BCUT2D eigenvalue weighted by molar-refractivity contribution is -0.118. The maximum Gasteiger partial charge on any atom is 0.134 e. The molecule has 14 heavy (non-hydrogen) atoms. The average Bonchev–Trinajstić information content (AvgIpc) is 2.26. The number of Topliss-reactive ketones (excluding diaryl/α,β-unsaturated/α-hetero) is 1. The van der Waals surface area contributed by atoms with Crippen LogP contribution < -0.4 is 4.90 Å². The highest BCUT2D eigenvalue weighted by molar-refractivity contribution is 5.78. The molecule has 0 saturated carbocycles. The second-order valence-corrected chi connectivity index (χ2v) is 3.40. The standard InChI is InChI=1S/C12H17NO/c1-3-12(14)9-10-13(2)11-7-5-4-6-8-11/h4-8H,3,9-10H2,1-2H3. The Labute approximate surface area is 85.5 Å². The van der Waals surface area contributed by atoms with Gasteiger partial charge in [-0.2, -0.15) is 0 Å². The van der Waals surface area contributed by atoms with E-state index in [4.69, 9.17) is 0 Å². The highest BCUT2D eigenvalue weighted by Gasteiger charge is 2.02. The van der Waals surface area contributed by atoms with E-state index < -0.39 is 0 Å². The van der Waals surface area contributed by atoms with Gasteiger partial charge in [-0.15, -0.1) is 0 Å². The van der Waals surface area contributed by atoms with Gasteiger partial charge in [0.15, 0.2) is 0 Å². The summed E-state index contributed by atoms with van der Waals surface area (Å²) in [7, 11) is 2.01. The Balaban J connectivity index is 2.43. The van der Waals surface area contributed by atoms with E-state index in [1.165, 1.54) is 0 Å². The molecule has 1 rings (SSSR count). The molecule has 0 bridgehead atoms. The van der Waals surface area contributed by atoms with Gasteiger partial charge in [0.25, 0.3) is 0 Å². The number of carbonyl (C=O) groups is 1. The number of anilines is 1. The summed E-state index contributed by atoms with van der Waals surface area (Å²) in [6.07, 6.45) is 1.28. The molecule has 0 heterocycles. The zero-order valence-electron chi connectivity index (χ0n) is 8.86. The molecule has 0 spiro atoms. The van der Waals surface area contributed by atoms with Gasteiger partial charge in [-0.25, -0.2) is 0 Å². The van der Waals surface area contributed by atoms with Crippen molar-refractivity contribution in [2.75, 3.05) is 18.5 Å². The predicted octanol–water partition coefficient (Wildman–Crippen LogP) is 2.49. The maximum atomic E-state index is 11.1. The van der Waals surface area contributed by atoms with Gasteiger partial charge in [0.1, 0.15) is 5.78 Å². The highest BCUT2D eigenvalue weighted by Crippen LogP contribution is 2.11. The Morgan fingerprint density at radius 1 is 1.29 bits per heavy atom. The molecule has 2 heteroatoms. The zero-order valence-corrected chi connectivity index (χ0v) is 8.86. The van der Waals surface area contributed by atoms with Gasteiger partial charge < -0.3 is 4.90 Å². The number of benzene rings is 1. The first-order chi connectivity index (χ1) is 6.74. The molecule has 0 aromatic heterocycles. The van der Waals surface area contributed by atoms with Crippen molar-refractivity contribution in [3.8, 4) is 0 Å². The van der Waals surface area contributed by atoms with E-state index in [2.05, 4.69) is 17.0 Å². The maximum absolute atomic E-state index is 11.1. The summed E-state index contributed by atoms with van der Waals surface area (Å²) >= 11 is 0. The fourth-order valence-electron chi connectivity index (χ4n) is 1.28. The number of nitrogens with zero attached hydrogens (tertiary/aromatic N) is 1. The predicted molar refractivity (Wildman–Crippen MR) is 59.6 cm³/mol. The summed E-state index contributed by atoms with van der Waals surface area (Å²) in [5.74, 6) is 0.327. The first-order valence-electron chi connectivity index (χ1n) is 5.02. The lowest BCUT2D eigenvalue weighted by Crippen LogP contribution is -2.20. The van der Waals surface area contributed by atoms with Crippen molar-refractivity contribution in [2.45, 2.75) is 19.8 Å². The van der Waals surface area contributed by atoms with Gasteiger partial charge in [-0.1, -0.05) is 25.1 Å². The van der Waals surface area contributed by atoms with Crippen molar-refractivity contribution < 1.29 is 4.79 Å². The molecule has 0 amide bonds. The summed E-state index contributed by atoms with van der Waals surface area (Å²) in [4.78, 5) is 13.2. The van der Waals surface area contributed by atoms with Gasteiger partial charge in [0, 0.05) is 32.1 Å². The Bertz CT molecular complexity index is 282. The smallest absolute Gasteiger partial charge is 0.134 e. The SMILES string of the molecule is CCC(=O)CCN(C)c1ccccc1. The Kier molecular flexibility index (Phi) is 4.17. The first-order valence-corrected chi connectivity index (χ1v) is 5.02. The van der Waals surface area contributed by atoms with E-state index in [0.29, 0.717) is 18.6 Å². The molecular formula is C12H17NO. The second-order valence-electron chi connectivity index (χ2n) is 3.40. The molecule has 0 N–H and O–H groups in total. The van der Waals surface area contributed by atoms with Gasteiger partial charge >= 0.3 is 0 Å². The Morgan fingerprint density at radius 3 is 2.50 bits per heavy atom. The van der Waals surface area contributed by atoms with E-state index >= 15 is 0 Å². The van der Waals surface area contributed by atoms with Crippen molar-refractivity contribution in [1.29, 1.82) is 0 Å². The van der Waals surface area contributed by atoms with E-state index in [9.17, 15) is 4.79 Å². The van der Waals surface area contributed by atoms with Crippen LogP contribution in [0.25, 0.3) is 0 Å². The van der Waals surface area contributed by atoms with E-state index in [-0.39, 0.29) is 0 Å². The lowest BCUT2D eigenvalue weighted by Gasteiger charge is -2.18. The number of ketones is 1. The summed E-state index contributed by atoms with van der Waals surface area (Å²) in [5.41, 5.74) is 1.16. The average molecular weight is 191 g/mol. The first kappa shape index (κ1) is 10.8. The molecule has 0 saturated heterocycles. The molecule has 1 aromatic rings. The van der Waals surface area contributed by atoms with Crippen molar-refractivity contribution in [3.05, 3.63) is 30.3 Å². The largest absolute Gasteiger partial charge is 0.374 e. The van der Waals surface area contributed by atoms with Gasteiger partial charge in [0.05, 0.1) is 0 Å². The second kappa shape index (κ2) is 5.43. The minimum atomic E-state index is 0.327. The molecule has 0 atom stereocenters. The van der Waals surface area contributed by atoms with Gasteiger partial charge in [-0.05, 0) is 12.1 Å². The summed E-state index contributed by atoms with van der Waals surface area (Å²) in [6, 6.07) is 10.1. The molecule has 0 fully saturated rings. The number of hydrogen-bond acceptors (Lipinski definition) is 2. The van der Waals surface area contributed by atoms with Crippen molar-refractivity contribution in [2.24, 2.45) is 0 Å². The van der Waals surface area contributed by atoms with Crippen LogP contribution in [0.1, 0.15) is 19.8 Å². The molecule has 76 valence electrons. The minimum absolute atomic E-state index is 0.327. The van der Waals surface area contributed by atoms with Crippen LogP contribution in [0.4, 0.5) is 5.69 Å². The molecule has 0 aliphatic heterocycles. The summed E-state index contributed by atoms with van der Waals surface area (Å²) in [5, 5.41) is 0. The summed E-state index contributed by atoms with van der Waals surface area (Å²) in [6.45, 7) is 2.71. The monoisotopic (exact) mass is 191 g/mol. The quantitative estimate of drug-likeness (QED) is 0.712. The number of rotatable bonds is 5. The van der Waals surface area contributed by atoms with Crippen LogP contribution in [0.5, 0.6) is 0 Å². The highest BCUT2D eigenvalue weighted by atomic mass is 16.1. The van der Waals surface area contributed by atoms with E-state index in [0.717, 1.165) is 12.2 Å². The van der Waals surface area contributed by atoms with Gasteiger partial charge in [-0.3, -0.25) is 4.79 Å². The molecule has 0 aliphatic rings. The summed E-state index contributed by atoms with van der Waals surface area (Å²) < 4.78 is 0. The molecule has 0 unspecified atom stereocenters. The molecular weight excluding hydrogens is 174 g/mol. The van der Waals surface area contributed by atoms with Crippen LogP contribution in [0.2, 0.25) is 0 Å². The molecule has 1 aromatic carbocycles. The number of carbonyl (C=O) groups excluding carboxylic acids is 1. The molecule has 0 aliphatic carbocycles. The lowest BCUT2D eigenvalue weighted by atomic mass is 10.2. The van der Waals surface area contributed by atoms with Crippen LogP contribution in [-0.4, -0.2) is 19.4 Å². The van der Waals surface area contributed by atoms with Crippen LogP contribution >= 0.6 is 0 Å². The Hall–Kier alpha value is -1.31. The van der Waals surface area contributed by atoms with E-state index in [1.807, 2.05) is 32.2 Å². The van der Waals surface area contributed by atoms with Gasteiger partial charge in [0.2, 0.25) is 0 Å². The van der Waals surface area contributed by atoms with Crippen molar-refractivity contribution in [1.82, 2.24) is 0 Å². The molecule has 0 radical (unpaired) electrons. The topological polar surface area (TPSA) is 20.3 Å². The molecule has 2 nitrogen and oxygen atoms in total. The minimum Gasteiger partial charge on any atom is -0.374 e. The third-order valence-electron chi connectivity index (χ3n) is 2.32. The normalized spacial score (nSPS) is 9.86. The van der Waals surface area contributed by atoms with Crippen LogP contribution in [-0.2, 0) is 4.79 Å². The Morgan fingerprint density at radius 2 is 1.93 bits per heavy atom. The van der Waals surface area contributed by atoms with Crippen LogP contribution in [0.15, 0.2) is 30.3 Å². The van der Waals surface area contributed by atoms with Crippen molar-refractivity contribution in [3.63, 3.8) is 0 Å². The fraction of sp³-hybridized carbons (Fsp3) is 0.417. The fourth-order valence-corrected chi connectivity index (χ4v) is 1.28. The third-order valence-corrected chi connectivity index (χ3v) is 2.32. The van der Waals surface area contributed by atoms with E-state index in [1.54, 1.807) is 0 Å². The van der Waals surface area contributed by atoms with Crippen molar-refractivity contribution >= 4 is 11.5 Å². The number of para-hydroxylation sites is 1. The van der Waals surface area contributed by atoms with Crippen LogP contribution in [0.3, 0.4) is 0 Å². The van der Waals surface area contributed by atoms with Crippen LogP contribution in [0, 0.1) is 0 Å². The zero-order chi connectivity index (χ0) is 10.4. The third kappa shape index (κ3) is 3.21. The number of hydrogen-bond donors (Lipinski definition) is 0.